The molecular weight excluding hydrogens is 257 g/mol. The molecule has 0 aromatic rings. The largest absolute Gasteiger partial charge is 0.368 e. The molecule has 0 aliphatic rings. The quantitative estimate of drug-likeness (QED) is 0.439. The fourth-order valence-corrected chi connectivity index (χ4v) is 0. The molecule has 5 heteroatoms. The van der Waals surface area contributed by atoms with Crippen molar-refractivity contribution in [3.8, 4) is 0 Å². The van der Waals surface area contributed by atoms with Crippen molar-refractivity contribution in [1.82, 2.24) is 0 Å². The zero-order chi connectivity index (χ0) is 5.15. The van der Waals surface area contributed by atoms with E-state index in [-0.39, 0.29) is 35.6 Å². The van der Waals surface area contributed by atoms with Crippen LogP contribution in [0.4, 0.5) is 0 Å². The minimum atomic E-state index is -0.620. The summed E-state index contributed by atoms with van der Waals surface area (Å²) in [6.45, 7) is 0. The standard InChI is InChI=1S/C2H5NOS2.La/c3-1(4)2(5)6;/h2,5-6H,(H2,3,4);. The van der Waals surface area contributed by atoms with Crippen LogP contribution in [0.25, 0.3) is 0 Å². The predicted octanol–water partition coefficient (Wildman–Crippen LogP) is -0.343. The van der Waals surface area contributed by atoms with Gasteiger partial charge in [-0.05, 0) is 0 Å². The molecule has 7 heavy (non-hydrogen) atoms. The number of hydrogen-bond acceptors (Lipinski definition) is 3. The van der Waals surface area contributed by atoms with Gasteiger partial charge in [0, 0.05) is 35.6 Å². The first kappa shape index (κ1) is 11.2. The maximum absolute atomic E-state index is 9.77. The van der Waals surface area contributed by atoms with Gasteiger partial charge in [0.25, 0.3) is 0 Å². The summed E-state index contributed by atoms with van der Waals surface area (Å²) < 4.78 is -0.620. The van der Waals surface area contributed by atoms with Gasteiger partial charge in [0.2, 0.25) is 5.91 Å². The third kappa shape index (κ3) is 7.36. The van der Waals surface area contributed by atoms with Gasteiger partial charge in [0.05, 0.1) is 0 Å². The average molecular weight is 262 g/mol. The van der Waals surface area contributed by atoms with E-state index in [1.54, 1.807) is 0 Å². The van der Waals surface area contributed by atoms with E-state index in [4.69, 9.17) is 0 Å². The molecule has 1 radical (unpaired) electrons. The Morgan fingerprint density at radius 1 is 1.57 bits per heavy atom. The Hall–Kier alpha value is 1.36. The molecule has 0 aromatic heterocycles. The summed E-state index contributed by atoms with van der Waals surface area (Å²) in [5.74, 6) is -0.512. The van der Waals surface area contributed by atoms with Gasteiger partial charge in [-0.1, -0.05) is 0 Å². The number of thiol groups is 2. The molecule has 0 aliphatic carbocycles. The zero-order valence-electron chi connectivity index (χ0n) is 3.53. The molecule has 0 heterocycles. The summed E-state index contributed by atoms with van der Waals surface area (Å²) >= 11 is 7.17. The van der Waals surface area contributed by atoms with E-state index in [2.05, 4.69) is 31.0 Å². The molecule has 0 atom stereocenters. The number of rotatable bonds is 1. The van der Waals surface area contributed by atoms with Crippen molar-refractivity contribution < 1.29 is 40.4 Å². The van der Waals surface area contributed by atoms with Crippen LogP contribution in [0, 0.1) is 35.6 Å². The van der Waals surface area contributed by atoms with Gasteiger partial charge in [0.1, 0.15) is 4.58 Å². The van der Waals surface area contributed by atoms with Gasteiger partial charge < -0.3 is 5.73 Å². The van der Waals surface area contributed by atoms with Gasteiger partial charge in [-0.25, -0.2) is 0 Å². The molecule has 0 aromatic carbocycles. The van der Waals surface area contributed by atoms with E-state index in [0.29, 0.717) is 0 Å². The minimum Gasteiger partial charge on any atom is -0.368 e. The van der Waals surface area contributed by atoms with Crippen molar-refractivity contribution in [3.63, 3.8) is 0 Å². The van der Waals surface area contributed by atoms with Crippen molar-refractivity contribution >= 4 is 31.2 Å². The Kier molecular flexibility index (Phi) is 8.80. The van der Waals surface area contributed by atoms with Gasteiger partial charge in [-0.2, -0.15) is 25.3 Å². The second kappa shape index (κ2) is 5.50. The maximum atomic E-state index is 9.77. The first-order chi connectivity index (χ1) is 2.64. The third-order valence-corrected chi connectivity index (χ3v) is 0.763. The van der Waals surface area contributed by atoms with Crippen molar-refractivity contribution in [2.75, 3.05) is 0 Å². The van der Waals surface area contributed by atoms with E-state index in [9.17, 15) is 4.79 Å². The van der Waals surface area contributed by atoms with Gasteiger partial charge in [-0.3, -0.25) is 4.79 Å². The molecule has 1 amide bonds. The number of primary amides is 1. The SMILES string of the molecule is NC(=O)C(S)S.[La]. The summed E-state index contributed by atoms with van der Waals surface area (Å²) in [5.41, 5.74) is 4.64. The Morgan fingerprint density at radius 3 is 1.71 bits per heavy atom. The second-order valence-electron chi connectivity index (χ2n) is 0.776. The summed E-state index contributed by atoms with van der Waals surface area (Å²) in [6, 6.07) is 0. The number of carbonyl (C=O) groups is 1. The fraction of sp³-hybridized carbons (Fsp3) is 0.500. The van der Waals surface area contributed by atoms with Gasteiger partial charge in [-0.15, -0.1) is 0 Å². The molecule has 0 saturated heterocycles. The van der Waals surface area contributed by atoms with Gasteiger partial charge >= 0.3 is 0 Å². The molecule has 0 aliphatic heterocycles. The Morgan fingerprint density at radius 2 is 1.71 bits per heavy atom. The van der Waals surface area contributed by atoms with E-state index >= 15 is 0 Å². The second-order valence-corrected chi connectivity index (χ2v) is 2.22. The summed E-state index contributed by atoms with van der Waals surface area (Å²) in [7, 11) is 0. The summed E-state index contributed by atoms with van der Waals surface area (Å²) in [5, 5.41) is 0. The molecule has 2 nitrogen and oxygen atoms in total. The number of hydrogen-bond donors (Lipinski definition) is 3. The first-order valence-corrected chi connectivity index (χ1v) is 2.33. The third-order valence-electron chi connectivity index (χ3n) is 0.254. The zero-order valence-corrected chi connectivity index (χ0v) is 8.95. The summed E-state index contributed by atoms with van der Waals surface area (Å²) in [4.78, 5) is 9.77. The molecule has 0 unspecified atom stereocenters. The van der Waals surface area contributed by atoms with Crippen molar-refractivity contribution in [3.05, 3.63) is 0 Å². The van der Waals surface area contributed by atoms with Crippen LogP contribution in [0.5, 0.6) is 0 Å². The molecule has 2 N–H and O–H groups in total. The molecule has 0 bridgehead atoms. The van der Waals surface area contributed by atoms with E-state index < -0.39 is 10.5 Å². The topological polar surface area (TPSA) is 43.1 Å². The number of carbonyl (C=O) groups excluding carboxylic acids is 1. The smallest absolute Gasteiger partial charge is 0.240 e. The monoisotopic (exact) mass is 262 g/mol. The Labute approximate surface area is 81.0 Å². The van der Waals surface area contributed by atoms with Crippen LogP contribution in [0.3, 0.4) is 0 Å². The molecule has 0 rings (SSSR count). The van der Waals surface area contributed by atoms with Crippen LogP contribution >= 0.6 is 25.3 Å². The normalized spacial score (nSPS) is 7.86. The van der Waals surface area contributed by atoms with Crippen LogP contribution in [-0.4, -0.2) is 10.5 Å². The Bertz CT molecular complexity index is 66.7. The van der Waals surface area contributed by atoms with E-state index in [1.165, 1.54) is 0 Å². The first-order valence-electron chi connectivity index (χ1n) is 1.30. The number of amides is 1. The van der Waals surface area contributed by atoms with Crippen LogP contribution < -0.4 is 5.73 Å². The van der Waals surface area contributed by atoms with Gasteiger partial charge in [0.15, 0.2) is 0 Å². The van der Waals surface area contributed by atoms with E-state index in [1.807, 2.05) is 0 Å². The molecule has 39 valence electrons. The molecule has 0 saturated carbocycles. The summed E-state index contributed by atoms with van der Waals surface area (Å²) in [6.07, 6.45) is 0. The minimum absolute atomic E-state index is 0. The Balaban J connectivity index is 0. The molecule has 0 spiro atoms. The van der Waals surface area contributed by atoms with Crippen molar-refractivity contribution in [2.45, 2.75) is 4.58 Å². The van der Waals surface area contributed by atoms with Crippen molar-refractivity contribution in [1.29, 1.82) is 0 Å². The predicted molar refractivity (Wildman–Crippen MR) is 31.0 cm³/mol. The fourth-order valence-electron chi connectivity index (χ4n) is 0. The van der Waals surface area contributed by atoms with Crippen LogP contribution in [-0.2, 0) is 4.79 Å². The molecule has 0 fully saturated rings. The van der Waals surface area contributed by atoms with Crippen LogP contribution in [0.2, 0.25) is 0 Å². The van der Waals surface area contributed by atoms with Crippen LogP contribution in [0.15, 0.2) is 0 Å². The average Bonchev–Trinajstić information content (AvgIpc) is 1.36. The number of nitrogens with two attached hydrogens (primary N) is 1. The van der Waals surface area contributed by atoms with Crippen molar-refractivity contribution in [2.24, 2.45) is 5.73 Å². The van der Waals surface area contributed by atoms with Crippen LogP contribution in [0.1, 0.15) is 0 Å². The molecular formula is C2H5LaNOS2. The maximum Gasteiger partial charge on any atom is 0.240 e. The van der Waals surface area contributed by atoms with E-state index in [0.717, 1.165) is 0 Å².